The second-order valence-corrected chi connectivity index (χ2v) is 7.63. The molecule has 7 heteroatoms. The van der Waals surface area contributed by atoms with E-state index in [0.717, 1.165) is 37.9 Å². The molecular formula is C17H22N4O2S. The van der Waals surface area contributed by atoms with E-state index in [1.807, 2.05) is 19.1 Å². The highest BCUT2D eigenvalue weighted by atomic mass is 32.2. The number of aryl methyl sites for hydroxylation is 1. The summed E-state index contributed by atoms with van der Waals surface area (Å²) in [6, 6.07) is 8.69. The molecule has 2 heterocycles. The van der Waals surface area contributed by atoms with Crippen LogP contribution in [0.15, 0.2) is 41.4 Å². The van der Waals surface area contributed by atoms with Crippen LogP contribution < -0.4 is 9.62 Å². The van der Waals surface area contributed by atoms with E-state index >= 15 is 0 Å². The van der Waals surface area contributed by atoms with Crippen molar-refractivity contribution < 1.29 is 8.42 Å². The molecule has 0 bridgehead atoms. The van der Waals surface area contributed by atoms with Crippen molar-refractivity contribution in [2.24, 2.45) is 0 Å². The molecule has 0 atom stereocenters. The lowest BCUT2D eigenvalue weighted by Gasteiger charge is -2.15. The highest BCUT2D eigenvalue weighted by molar-refractivity contribution is 7.89. The molecule has 0 unspecified atom stereocenters. The zero-order valence-electron chi connectivity index (χ0n) is 13.8. The summed E-state index contributed by atoms with van der Waals surface area (Å²) in [6.07, 6.45) is 4.86. The van der Waals surface area contributed by atoms with Gasteiger partial charge < -0.3 is 4.90 Å². The maximum absolute atomic E-state index is 12.4. The summed E-state index contributed by atoms with van der Waals surface area (Å²) in [5.41, 5.74) is 1.78. The second kappa shape index (κ2) is 7.27. The minimum Gasteiger partial charge on any atom is -0.341 e. The summed E-state index contributed by atoms with van der Waals surface area (Å²) in [6.45, 7) is 4.11. The fourth-order valence-corrected chi connectivity index (χ4v) is 3.71. The largest absolute Gasteiger partial charge is 0.341 e. The molecule has 0 aliphatic carbocycles. The number of sulfonamides is 1. The molecule has 0 spiro atoms. The molecule has 3 rings (SSSR count). The minimum absolute atomic E-state index is 0.154. The van der Waals surface area contributed by atoms with Crippen LogP contribution in [0, 0.1) is 0 Å². The third kappa shape index (κ3) is 3.91. The predicted molar refractivity (Wildman–Crippen MR) is 93.3 cm³/mol. The molecular weight excluding hydrogens is 324 g/mol. The van der Waals surface area contributed by atoms with Crippen molar-refractivity contribution in [1.29, 1.82) is 0 Å². The van der Waals surface area contributed by atoms with Crippen molar-refractivity contribution in [2.45, 2.75) is 37.6 Å². The highest BCUT2D eigenvalue weighted by Gasteiger charge is 2.17. The molecule has 2 aromatic rings. The van der Waals surface area contributed by atoms with Gasteiger partial charge in [0.15, 0.2) is 0 Å². The maximum atomic E-state index is 12.4. The Morgan fingerprint density at radius 3 is 2.50 bits per heavy atom. The summed E-state index contributed by atoms with van der Waals surface area (Å²) < 4.78 is 27.4. The number of hydrogen-bond donors (Lipinski definition) is 1. The molecule has 0 amide bonds. The zero-order valence-corrected chi connectivity index (χ0v) is 14.6. The SMILES string of the molecule is CCc1ccc(S(=O)(=O)NCc2ccnc(N3CCCC3)n2)cc1. The minimum atomic E-state index is -3.54. The second-order valence-electron chi connectivity index (χ2n) is 5.86. The van der Waals surface area contributed by atoms with E-state index in [-0.39, 0.29) is 11.4 Å². The van der Waals surface area contributed by atoms with Crippen LogP contribution in [0.25, 0.3) is 0 Å². The summed E-state index contributed by atoms with van der Waals surface area (Å²) in [7, 11) is -3.54. The average molecular weight is 346 g/mol. The molecule has 128 valence electrons. The number of anilines is 1. The first-order valence-corrected chi connectivity index (χ1v) is 9.72. The molecule has 1 N–H and O–H groups in total. The lowest BCUT2D eigenvalue weighted by atomic mass is 10.2. The lowest BCUT2D eigenvalue weighted by Crippen LogP contribution is -2.25. The quantitative estimate of drug-likeness (QED) is 0.867. The number of rotatable bonds is 6. The number of aromatic nitrogens is 2. The number of benzene rings is 1. The van der Waals surface area contributed by atoms with Gasteiger partial charge in [0.25, 0.3) is 0 Å². The molecule has 1 aromatic heterocycles. The zero-order chi connectivity index (χ0) is 17.0. The van der Waals surface area contributed by atoms with E-state index in [2.05, 4.69) is 19.6 Å². The van der Waals surface area contributed by atoms with Crippen molar-refractivity contribution in [2.75, 3.05) is 18.0 Å². The Morgan fingerprint density at radius 2 is 1.83 bits per heavy atom. The average Bonchev–Trinajstić information content (AvgIpc) is 3.15. The summed E-state index contributed by atoms with van der Waals surface area (Å²) in [5.74, 6) is 0.677. The van der Waals surface area contributed by atoms with Gasteiger partial charge in [-0.05, 0) is 43.0 Å². The fraction of sp³-hybridized carbons (Fsp3) is 0.412. The van der Waals surface area contributed by atoms with Gasteiger partial charge in [0.1, 0.15) is 0 Å². The van der Waals surface area contributed by atoms with Crippen LogP contribution in [0.1, 0.15) is 31.0 Å². The molecule has 0 radical (unpaired) electrons. The van der Waals surface area contributed by atoms with E-state index in [1.165, 1.54) is 0 Å². The van der Waals surface area contributed by atoms with Crippen LogP contribution in [0.2, 0.25) is 0 Å². The lowest BCUT2D eigenvalue weighted by molar-refractivity contribution is 0.580. The van der Waals surface area contributed by atoms with E-state index in [9.17, 15) is 8.42 Å². The van der Waals surface area contributed by atoms with Gasteiger partial charge in [-0.3, -0.25) is 0 Å². The van der Waals surface area contributed by atoms with Gasteiger partial charge in [-0.1, -0.05) is 19.1 Å². The molecule has 1 fully saturated rings. The Balaban J connectivity index is 1.68. The van der Waals surface area contributed by atoms with Crippen LogP contribution >= 0.6 is 0 Å². The van der Waals surface area contributed by atoms with Crippen LogP contribution in [0.3, 0.4) is 0 Å². The summed E-state index contributed by atoms with van der Waals surface area (Å²) in [4.78, 5) is 11.1. The van der Waals surface area contributed by atoms with Gasteiger partial charge in [0, 0.05) is 19.3 Å². The van der Waals surface area contributed by atoms with Crippen LogP contribution in [-0.2, 0) is 23.0 Å². The van der Waals surface area contributed by atoms with Gasteiger partial charge in [-0.25, -0.2) is 23.1 Å². The van der Waals surface area contributed by atoms with Gasteiger partial charge in [-0.15, -0.1) is 0 Å². The Labute approximate surface area is 143 Å². The van der Waals surface area contributed by atoms with E-state index in [1.54, 1.807) is 24.4 Å². The topological polar surface area (TPSA) is 75.2 Å². The Morgan fingerprint density at radius 1 is 1.12 bits per heavy atom. The van der Waals surface area contributed by atoms with Crippen LogP contribution in [-0.4, -0.2) is 31.5 Å². The third-order valence-electron chi connectivity index (χ3n) is 4.17. The maximum Gasteiger partial charge on any atom is 0.240 e. The number of nitrogens with zero attached hydrogens (tertiary/aromatic N) is 3. The smallest absolute Gasteiger partial charge is 0.240 e. The van der Waals surface area contributed by atoms with Gasteiger partial charge in [0.05, 0.1) is 17.1 Å². The Kier molecular flexibility index (Phi) is 5.11. The number of hydrogen-bond acceptors (Lipinski definition) is 5. The molecule has 24 heavy (non-hydrogen) atoms. The van der Waals surface area contributed by atoms with Crippen LogP contribution in [0.4, 0.5) is 5.95 Å². The highest BCUT2D eigenvalue weighted by Crippen LogP contribution is 2.16. The number of nitrogens with one attached hydrogen (secondary N) is 1. The van der Waals surface area contributed by atoms with Gasteiger partial charge in [-0.2, -0.15) is 0 Å². The summed E-state index contributed by atoms with van der Waals surface area (Å²) >= 11 is 0. The first-order chi connectivity index (χ1) is 11.6. The molecule has 1 aliphatic heterocycles. The van der Waals surface area contributed by atoms with E-state index in [4.69, 9.17) is 0 Å². The van der Waals surface area contributed by atoms with Gasteiger partial charge >= 0.3 is 0 Å². The van der Waals surface area contributed by atoms with E-state index in [0.29, 0.717) is 11.6 Å². The first-order valence-electron chi connectivity index (χ1n) is 8.24. The molecule has 1 saturated heterocycles. The fourth-order valence-electron chi connectivity index (χ4n) is 2.71. The monoisotopic (exact) mass is 346 g/mol. The molecule has 6 nitrogen and oxygen atoms in total. The summed E-state index contributed by atoms with van der Waals surface area (Å²) in [5, 5.41) is 0. The standard InChI is InChI=1S/C17H22N4O2S/c1-2-14-5-7-16(8-6-14)24(22,23)19-13-15-9-10-18-17(20-15)21-11-3-4-12-21/h5-10,19H,2-4,11-13H2,1H3. The third-order valence-corrected chi connectivity index (χ3v) is 5.59. The normalized spacial score (nSPS) is 15.0. The Hall–Kier alpha value is -1.99. The predicted octanol–water partition coefficient (Wildman–Crippen LogP) is 2.12. The van der Waals surface area contributed by atoms with Crippen molar-refractivity contribution in [3.63, 3.8) is 0 Å². The molecule has 1 aromatic carbocycles. The van der Waals surface area contributed by atoms with Crippen molar-refractivity contribution in [1.82, 2.24) is 14.7 Å². The van der Waals surface area contributed by atoms with E-state index < -0.39 is 10.0 Å². The van der Waals surface area contributed by atoms with Crippen molar-refractivity contribution in [3.8, 4) is 0 Å². The van der Waals surface area contributed by atoms with Crippen molar-refractivity contribution >= 4 is 16.0 Å². The van der Waals surface area contributed by atoms with Gasteiger partial charge in [0.2, 0.25) is 16.0 Å². The Bertz CT molecular complexity index is 784. The molecule has 0 saturated carbocycles. The first kappa shape index (κ1) is 16.9. The van der Waals surface area contributed by atoms with Crippen molar-refractivity contribution in [3.05, 3.63) is 47.8 Å². The van der Waals surface area contributed by atoms with Crippen LogP contribution in [0.5, 0.6) is 0 Å². The molecule has 1 aliphatic rings.